The number of para-hydroxylation sites is 4. The average Bonchev–Trinajstić information content (AvgIpc) is 1.58. The fraction of sp³-hybridized carbons (Fsp3) is 0. The highest BCUT2D eigenvalue weighted by Gasteiger charge is 2.37. The Balaban J connectivity index is 1.12. The summed E-state index contributed by atoms with van der Waals surface area (Å²) in [5, 5.41) is 23.5. The second kappa shape index (κ2) is 21.6. The monoisotopic (exact) mass is 1250 g/mol. The van der Waals surface area contributed by atoms with Gasteiger partial charge in [0.25, 0.3) is 0 Å². The maximum atomic E-state index is 13.7. The minimum Gasteiger partial charge on any atom is -0.306 e. The second-order valence-corrected chi connectivity index (χ2v) is 26.1. The van der Waals surface area contributed by atoms with Crippen LogP contribution in [0.15, 0.2) is 328 Å². The molecule has 0 bridgehead atoms. The molecule has 0 N–H and O–H groups in total. The highest BCUT2D eigenvalue weighted by Crippen LogP contribution is 2.56. The molecule has 6 nitrogen and oxygen atoms in total. The lowest BCUT2D eigenvalue weighted by Gasteiger charge is -2.29. The molecule has 0 spiro atoms. The first-order valence-corrected chi connectivity index (χ1v) is 33.7. The maximum absolute atomic E-state index is 13.7. The molecule has 0 amide bonds. The molecule has 20 rings (SSSR count). The van der Waals surface area contributed by atoms with Crippen molar-refractivity contribution in [3.05, 3.63) is 333 Å². The summed E-state index contributed by atoms with van der Waals surface area (Å²) in [4.78, 5) is 5.19. The van der Waals surface area contributed by atoms with E-state index in [1.54, 1.807) is 11.3 Å². The van der Waals surface area contributed by atoms with Crippen LogP contribution in [0.25, 0.3) is 186 Å². The highest BCUT2D eigenvalue weighted by atomic mass is 32.1. The first-order valence-electron chi connectivity index (χ1n) is 32.9. The van der Waals surface area contributed by atoms with Crippen molar-refractivity contribution in [1.29, 1.82) is 5.26 Å². The summed E-state index contributed by atoms with van der Waals surface area (Å²) in [5.41, 5.74) is 23.3. The number of hydrogen-bond acceptors (Lipinski definition) is 3. The molecule has 0 saturated carbocycles. The van der Waals surface area contributed by atoms with Crippen LogP contribution in [-0.4, -0.2) is 23.3 Å². The zero-order valence-corrected chi connectivity index (χ0v) is 53.1. The van der Waals surface area contributed by atoms with E-state index < -0.39 is 0 Å². The molecule has 0 atom stereocenters. The predicted molar refractivity (Wildman–Crippen MR) is 406 cm³/mol. The van der Waals surface area contributed by atoms with Gasteiger partial charge in [0, 0.05) is 70.5 Å². The Morgan fingerprint density at radius 1 is 0.268 bits per heavy atom. The van der Waals surface area contributed by atoms with Crippen molar-refractivity contribution in [3.63, 3.8) is 0 Å². The van der Waals surface area contributed by atoms with Gasteiger partial charge in [-0.25, -0.2) is 0 Å². The molecule has 7 heteroatoms. The van der Waals surface area contributed by atoms with Crippen LogP contribution in [0.2, 0.25) is 0 Å². The van der Waals surface area contributed by atoms with E-state index in [1.165, 1.54) is 0 Å². The Morgan fingerprint density at radius 3 is 0.928 bits per heavy atom. The van der Waals surface area contributed by atoms with Crippen LogP contribution in [0.1, 0.15) is 5.56 Å². The molecule has 0 unspecified atom stereocenters. The van der Waals surface area contributed by atoms with E-state index >= 15 is 0 Å². The smallest absolute Gasteiger partial charge is 0.104 e. The fourth-order valence-electron chi connectivity index (χ4n) is 16.2. The van der Waals surface area contributed by atoms with Crippen LogP contribution >= 0.6 is 11.3 Å². The van der Waals surface area contributed by atoms with E-state index in [2.05, 4.69) is 346 Å². The lowest BCUT2D eigenvalue weighted by atomic mass is 9.92. The SMILES string of the molecule is N#Cc1c(-n2c3ccccc3c3c(-c4ccccc4)cccc32)c(-n2c3ccccc3c3c(-c4ccccc4)cccc32)c(-c2cccc3c2sc2cccnc23)c(-n2c3ccccc3c3c(-c4ccccc4)cccc32)c1-n1c2ccccc2c2c(-c3ccccc3)cccc21. The normalized spacial score (nSPS) is 11.9. The van der Waals surface area contributed by atoms with Gasteiger partial charge < -0.3 is 18.3 Å². The quantitative estimate of drug-likeness (QED) is 0.145. The largest absolute Gasteiger partial charge is 0.306 e. The molecule has 14 aromatic carbocycles. The van der Waals surface area contributed by atoms with Gasteiger partial charge in [0.2, 0.25) is 0 Å². The molecule has 0 saturated heterocycles. The van der Waals surface area contributed by atoms with Crippen molar-refractivity contribution in [3.8, 4) is 84.5 Å². The summed E-state index contributed by atoms with van der Waals surface area (Å²) in [6, 6.07) is 120. The molecule has 0 aliphatic rings. The van der Waals surface area contributed by atoms with Crippen LogP contribution in [0, 0.1) is 11.3 Å². The van der Waals surface area contributed by atoms with Gasteiger partial charge in [0.15, 0.2) is 0 Å². The van der Waals surface area contributed by atoms with Crippen molar-refractivity contribution in [2.24, 2.45) is 0 Å². The van der Waals surface area contributed by atoms with Gasteiger partial charge in [-0.2, -0.15) is 5.26 Å². The van der Waals surface area contributed by atoms with Crippen LogP contribution < -0.4 is 0 Å². The van der Waals surface area contributed by atoms with E-state index in [4.69, 9.17) is 4.98 Å². The molecule has 0 aliphatic heterocycles. The number of thiophene rings is 1. The van der Waals surface area contributed by atoms with Gasteiger partial charge in [0.1, 0.15) is 11.6 Å². The molecule has 0 aliphatic carbocycles. The number of aromatic nitrogens is 5. The number of rotatable bonds is 9. The maximum Gasteiger partial charge on any atom is 0.104 e. The Kier molecular flexibility index (Phi) is 12.2. The Hall–Kier alpha value is -12.9. The van der Waals surface area contributed by atoms with E-state index in [0.717, 1.165) is 186 Å². The summed E-state index contributed by atoms with van der Waals surface area (Å²) in [7, 11) is 0. The first kappa shape index (κ1) is 54.7. The zero-order chi connectivity index (χ0) is 63.8. The average molecular weight is 1250 g/mol. The Labute approximate surface area is 561 Å². The summed E-state index contributed by atoms with van der Waals surface area (Å²) >= 11 is 1.78. The predicted octanol–water partition coefficient (Wildman–Crippen LogP) is 24.0. The first-order chi connectivity index (χ1) is 48.2. The van der Waals surface area contributed by atoms with Crippen molar-refractivity contribution >= 4 is 119 Å². The molecule has 20 aromatic rings. The zero-order valence-electron chi connectivity index (χ0n) is 52.3. The third-order valence-corrected chi connectivity index (χ3v) is 21.2. The summed E-state index contributed by atoms with van der Waals surface area (Å²) < 4.78 is 12.1. The van der Waals surface area contributed by atoms with E-state index in [1.807, 2.05) is 6.20 Å². The molecule has 0 radical (unpaired) electrons. The Morgan fingerprint density at radius 2 is 0.567 bits per heavy atom. The molecule has 0 fully saturated rings. The van der Waals surface area contributed by atoms with Crippen LogP contribution in [0.4, 0.5) is 0 Å². The lowest BCUT2D eigenvalue weighted by molar-refractivity contribution is 1.04. The number of nitriles is 1. The molecule has 6 heterocycles. The van der Waals surface area contributed by atoms with Gasteiger partial charge in [-0.1, -0.05) is 261 Å². The number of benzene rings is 14. The third-order valence-electron chi connectivity index (χ3n) is 20.1. The van der Waals surface area contributed by atoms with Gasteiger partial charge >= 0.3 is 0 Å². The number of pyridine rings is 1. The van der Waals surface area contributed by atoms with Gasteiger partial charge in [0.05, 0.1) is 77.1 Å². The van der Waals surface area contributed by atoms with Crippen molar-refractivity contribution in [2.75, 3.05) is 0 Å². The topological polar surface area (TPSA) is 56.4 Å². The van der Waals surface area contributed by atoms with E-state index in [-0.39, 0.29) is 0 Å². The Bertz CT molecular complexity index is 6340. The summed E-state index contributed by atoms with van der Waals surface area (Å²) in [6.07, 6.45) is 1.92. The standard InChI is InChI=1S/C90H54N6S/c91-55-70-86(93-71-45-17-13-35-64(71)80-60(39-22-49-75(80)93)56-27-5-1-6-28-56)88(95-73-47-19-15-37-66(73)82-62(41-24-51-77(82)95)58-31-9-3-10-32-58)84(68-43-21-44-69-85-79(97-90(68)69)53-26-54-92-85)89(96-74-48-20-16-38-67(74)83-63(42-25-52-78(83)96)59-33-11-4-12-34-59)87(70)94-72-46-18-14-36-65(72)81-61(40-23-50-76(81)94)57-29-7-2-8-30-57/h1-54H. The number of hydrogen-bond donors (Lipinski definition) is 0. The van der Waals surface area contributed by atoms with Gasteiger partial charge in [-0.3, -0.25) is 4.98 Å². The third kappa shape index (κ3) is 7.97. The fourth-order valence-corrected chi connectivity index (χ4v) is 17.4. The number of nitrogens with zero attached hydrogens (tertiary/aromatic N) is 6. The second-order valence-electron chi connectivity index (χ2n) is 25.1. The molecular formula is C90H54N6S. The van der Waals surface area contributed by atoms with Crippen molar-refractivity contribution < 1.29 is 0 Å². The molecule has 97 heavy (non-hydrogen) atoms. The van der Waals surface area contributed by atoms with Gasteiger partial charge in [-0.05, 0) is 105 Å². The summed E-state index contributed by atoms with van der Waals surface area (Å²) in [6.45, 7) is 0. The minimum atomic E-state index is 0.495. The van der Waals surface area contributed by atoms with Crippen LogP contribution in [0.3, 0.4) is 0 Å². The van der Waals surface area contributed by atoms with E-state index in [9.17, 15) is 5.26 Å². The molecule has 6 aromatic heterocycles. The van der Waals surface area contributed by atoms with Crippen LogP contribution in [0.5, 0.6) is 0 Å². The lowest BCUT2D eigenvalue weighted by Crippen LogP contribution is -2.16. The summed E-state index contributed by atoms with van der Waals surface area (Å²) in [5.74, 6) is 0. The minimum absolute atomic E-state index is 0.495. The van der Waals surface area contributed by atoms with Crippen molar-refractivity contribution in [2.45, 2.75) is 0 Å². The van der Waals surface area contributed by atoms with E-state index in [0.29, 0.717) is 5.56 Å². The molecular weight excluding hydrogens is 1200 g/mol. The molecule has 450 valence electrons. The van der Waals surface area contributed by atoms with Gasteiger partial charge in [-0.15, -0.1) is 11.3 Å². The number of fused-ring (bicyclic) bond motifs is 15. The highest BCUT2D eigenvalue weighted by molar-refractivity contribution is 7.26. The van der Waals surface area contributed by atoms with Crippen molar-refractivity contribution in [1.82, 2.24) is 23.3 Å². The van der Waals surface area contributed by atoms with Crippen LogP contribution in [-0.2, 0) is 0 Å².